The van der Waals surface area contributed by atoms with Crippen molar-refractivity contribution in [2.45, 2.75) is 45.4 Å². The van der Waals surface area contributed by atoms with E-state index in [4.69, 9.17) is 0 Å². The predicted molar refractivity (Wildman–Crippen MR) is 131 cm³/mol. The van der Waals surface area contributed by atoms with Gasteiger partial charge in [0.2, 0.25) is 0 Å². The van der Waals surface area contributed by atoms with Crippen LogP contribution in [0.5, 0.6) is 0 Å². The monoisotopic (exact) mass is 431 g/mol. The van der Waals surface area contributed by atoms with Crippen LogP contribution < -0.4 is 10.6 Å². The van der Waals surface area contributed by atoms with E-state index in [1.807, 2.05) is 6.20 Å². The molecule has 1 aliphatic heterocycles. The summed E-state index contributed by atoms with van der Waals surface area (Å²) in [6.07, 6.45) is 13.0. The maximum atomic E-state index is 4.62. The second kappa shape index (κ2) is 8.90. The van der Waals surface area contributed by atoms with Gasteiger partial charge >= 0.3 is 0 Å². The minimum absolute atomic E-state index is 0.737. The molecule has 1 atom stereocenters. The number of fused-ring (bicyclic) bond motifs is 4. The van der Waals surface area contributed by atoms with Crippen LogP contribution in [0.4, 0.5) is 17.3 Å². The summed E-state index contributed by atoms with van der Waals surface area (Å²) in [5, 5.41) is 8.03. The third-order valence-electron chi connectivity index (χ3n) is 6.66. The smallest absolute Gasteiger partial charge is 0.143 e. The second-order valence-corrected chi connectivity index (χ2v) is 9.57. The summed E-state index contributed by atoms with van der Waals surface area (Å²) in [5.41, 5.74) is 7.02. The predicted octanol–water partition coefficient (Wildman–Crippen LogP) is 4.76. The summed E-state index contributed by atoms with van der Waals surface area (Å²) in [4.78, 5) is 19.6. The molecule has 0 saturated heterocycles. The lowest BCUT2D eigenvalue weighted by atomic mass is 9.83. The van der Waals surface area contributed by atoms with Gasteiger partial charge in [0, 0.05) is 17.8 Å². The number of rotatable bonds is 7. The van der Waals surface area contributed by atoms with Crippen molar-refractivity contribution >= 4 is 34.4 Å². The maximum absolute atomic E-state index is 4.62. The molecular weight excluding hydrogens is 398 g/mol. The van der Waals surface area contributed by atoms with Crippen LogP contribution in [0.25, 0.3) is 17.1 Å². The molecular formula is C25H33N7. The third kappa shape index (κ3) is 4.35. The van der Waals surface area contributed by atoms with E-state index >= 15 is 0 Å². The van der Waals surface area contributed by atoms with Crippen molar-refractivity contribution in [1.29, 1.82) is 0 Å². The van der Waals surface area contributed by atoms with Crippen LogP contribution >= 0.6 is 0 Å². The third-order valence-corrected chi connectivity index (χ3v) is 6.66. The Hall–Kier alpha value is -2.93. The van der Waals surface area contributed by atoms with Crippen LogP contribution in [0.2, 0.25) is 0 Å². The minimum Gasteiger partial charge on any atom is -0.366 e. The molecule has 0 saturated carbocycles. The number of H-pyrrole nitrogens is 1. The van der Waals surface area contributed by atoms with E-state index in [2.05, 4.69) is 68.6 Å². The van der Waals surface area contributed by atoms with Gasteiger partial charge in [0.05, 0.1) is 17.3 Å². The van der Waals surface area contributed by atoms with Gasteiger partial charge in [-0.15, -0.1) is 0 Å². The molecule has 0 bridgehead atoms. The largest absolute Gasteiger partial charge is 0.366 e. The fourth-order valence-corrected chi connectivity index (χ4v) is 5.00. The summed E-state index contributed by atoms with van der Waals surface area (Å²) in [6.45, 7) is 4.16. The Morgan fingerprint density at radius 1 is 1.19 bits per heavy atom. The van der Waals surface area contributed by atoms with E-state index in [0.717, 1.165) is 59.2 Å². The van der Waals surface area contributed by atoms with Gasteiger partial charge in [-0.3, -0.25) is 0 Å². The lowest BCUT2D eigenvalue weighted by Crippen LogP contribution is -2.16. The Morgan fingerprint density at radius 3 is 2.97 bits per heavy atom. The highest BCUT2D eigenvalue weighted by Crippen LogP contribution is 2.37. The van der Waals surface area contributed by atoms with Gasteiger partial charge in [0.1, 0.15) is 23.6 Å². The van der Waals surface area contributed by atoms with Crippen LogP contribution in [0.3, 0.4) is 0 Å². The molecule has 7 heteroatoms. The average molecular weight is 432 g/mol. The van der Waals surface area contributed by atoms with Crippen LogP contribution in [0.1, 0.15) is 49.4 Å². The number of hydrogen-bond acceptors (Lipinski definition) is 6. The molecule has 0 spiro atoms. The van der Waals surface area contributed by atoms with Gasteiger partial charge in [-0.2, -0.15) is 0 Å². The lowest BCUT2D eigenvalue weighted by Gasteiger charge is -2.23. The second-order valence-electron chi connectivity index (χ2n) is 9.57. The Morgan fingerprint density at radius 2 is 2.09 bits per heavy atom. The zero-order chi connectivity index (χ0) is 22.1. The van der Waals surface area contributed by atoms with Crippen molar-refractivity contribution in [3.8, 4) is 0 Å². The number of nitrogens with one attached hydrogen (secondary N) is 3. The average Bonchev–Trinajstić information content (AvgIpc) is 3.15. The van der Waals surface area contributed by atoms with E-state index < -0.39 is 0 Å². The number of aromatic amines is 1. The van der Waals surface area contributed by atoms with Crippen LogP contribution in [0.15, 0.2) is 24.2 Å². The molecule has 3 aromatic rings. The molecule has 4 heterocycles. The molecule has 0 aromatic carbocycles. The molecule has 3 aromatic heterocycles. The highest BCUT2D eigenvalue weighted by Gasteiger charge is 2.25. The summed E-state index contributed by atoms with van der Waals surface area (Å²) >= 11 is 0. The van der Waals surface area contributed by atoms with Crippen LogP contribution in [-0.4, -0.2) is 52.0 Å². The van der Waals surface area contributed by atoms with Crippen LogP contribution in [0, 0.1) is 5.92 Å². The molecule has 1 aliphatic carbocycles. The fraction of sp³-hybridized carbons (Fsp3) is 0.480. The zero-order valence-electron chi connectivity index (χ0n) is 19.3. The summed E-state index contributed by atoms with van der Waals surface area (Å²) < 4.78 is 0. The van der Waals surface area contributed by atoms with Gasteiger partial charge in [0.25, 0.3) is 0 Å². The first-order chi connectivity index (χ1) is 15.6. The van der Waals surface area contributed by atoms with Crippen molar-refractivity contribution < 1.29 is 0 Å². The molecule has 0 amide bonds. The number of nitrogens with zero attached hydrogens (tertiary/aromatic N) is 4. The molecule has 5 rings (SSSR count). The van der Waals surface area contributed by atoms with E-state index in [9.17, 15) is 0 Å². The SMILES string of the molecule is CC1=Cc2cc(Nc3ncnc4[nH]c5c(c34)CC(CCCCN(C)C)CC5)cnc2NC1. The van der Waals surface area contributed by atoms with E-state index in [0.29, 0.717) is 0 Å². The number of aromatic nitrogens is 4. The Balaban J connectivity index is 1.38. The normalized spacial score (nSPS) is 17.6. The Labute approximate surface area is 189 Å². The van der Waals surface area contributed by atoms with Crippen molar-refractivity contribution in [3.63, 3.8) is 0 Å². The number of unbranched alkanes of at least 4 members (excludes halogenated alkanes) is 1. The Bertz CT molecular complexity index is 1140. The Kier molecular flexibility index (Phi) is 5.83. The first-order valence-corrected chi connectivity index (χ1v) is 11.7. The topological polar surface area (TPSA) is 81.8 Å². The van der Waals surface area contributed by atoms with Crippen molar-refractivity contribution in [1.82, 2.24) is 24.8 Å². The van der Waals surface area contributed by atoms with Crippen molar-refractivity contribution in [2.75, 3.05) is 37.8 Å². The molecule has 1 unspecified atom stereocenters. The van der Waals surface area contributed by atoms with Gasteiger partial charge in [-0.25, -0.2) is 15.0 Å². The minimum atomic E-state index is 0.737. The molecule has 32 heavy (non-hydrogen) atoms. The van der Waals surface area contributed by atoms with Crippen LogP contribution in [-0.2, 0) is 12.8 Å². The van der Waals surface area contributed by atoms with E-state index in [1.165, 1.54) is 49.1 Å². The van der Waals surface area contributed by atoms with Gasteiger partial charge in [-0.05, 0) is 70.8 Å². The molecule has 0 radical (unpaired) electrons. The number of anilines is 3. The molecule has 7 nitrogen and oxygen atoms in total. The first-order valence-electron chi connectivity index (χ1n) is 11.7. The zero-order valence-corrected chi connectivity index (χ0v) is 19.3. The number of aryl methyl sites for hydroxylation is 1. The number of pyridine rings is 1. The van der Waals surface area contributed by atoms with Gasteiger partial charge in [0.15, 0.2) is 0 Å². The first kappa shape index (κ1) is 20.9. The quantitative estimate of drug-likeness (QED) is 0.468. The lowest BCUT2D eigenvalue weighted by molar-refractivity contribution is 0.361. The van der Waals surface area contributed by atoms with Gasteiger partial charge in [-0.1, -0.05) is 24.5 Å². The summed E-state index contributed by atoms with van der Waals surface area (Å²) in [7, 11) is 4.30. The molecule has 0 fully saturated rings. The highest BCUT2D eigenvalue weighted by molar-refractivity contribution is 5.93. The molecule has 168 valence electrons. The van der Waals surface area contributed by atoms with E-state index in [-0.39, 0.29) is 0 Å². The summed E-state index contributed by atoms with van der Waals surface area (Å²) in [6, 6.07) is 2.14. The maximum Gasteiger partial charge on any atom is 0.143 e. The molecule has 2 aliphatic rings. The van der Waals surface area contributed by atoms with E-state index in [1.54, 1.807) is 6.33 Å². The standard InChI is InChI=1S/C25H33N7/c1-16-10-18-12-19(14-27-23(18)26-13-16)30-24-22-20-11-17(6-4-5-9-32(2)3)7-8-21(20)31-25(22)29-15-28-24/h10,12,14-15,17H,4-9,11,13H2,1-3H3,(H,26,27)(H2,28,29,30,31). The highest BCUT2D eigenvalue weighted by atomic mass is 15.1. The van der Waals surface area contributed by atoms with Crippen molar-refractivity contribution in [3.05, 3.63) is 41.0 Å². The van der Waals surface area contributed by atoms with Gasteiger partial charge < -0.3 is 20.5 Å². The fourth-order valence-electron chi connectivity index (χ4n) is 5.00. The molecule has 3 N–H and O–H groups in total. The number of hydrogen-bond donors (Lipinski definition) is 3. The summed E-state index contributed by atoms with van der Waals surface area (Å²) in [5.74, 6) is 2.54. The van der Waals surface area contributed by atoms with Crippen molar-refractivity contribution in [2.24, 2.45) is 5.92 Å².